The van der Waals surface area contributed by atoms with E-state index in [-0.39, 0.29) is 0 Å². The molecule has 9 aromatic rings. The van der Waals surface area contributed by atoms with Gasteiger partial charge in [0, 0.05) is 54.8 Å². The lowest BCUT2D eigenvalue weighted by molar-refractivity contribution is 1.18. The summed E-state index contributed by atoms with van der Waals surface area (Å²) in [5, 5.41) is 2.52. The van der Waals surface area contributed by atoms with Gasteiger partial charge in [-0.05, 0) is 58.1 Å². The maximum Gasteiger partial charge on any atom is 0.161 e. The van der Waals surface area contributed by atoms with Crippen molar-refractivity contribution in [2.45, 2.75) is 0 Å². The number of aromatic nitrogens is 3. The van der Waals surface area contributed by atoms with Crippen molar-refractivity contribution in [1.29, 1.82) is 0 Å². The molecule has 230 valence electrons. The van der Waals surface area contributed by atoms with Crippen molar-refractivity contribution in [3.8, 4) is 67.3 Å². The third-order valence-corrected chi connectivity index (χ3v) is 10.2. The molecular weight excluding hydrogens is 615 g/mol. The molecule has 6 aromatic carbocycles. The highest BCUT2D eigenvalue weighted by atomic mass is 32.1. The largest absolute Gasteiger partial charge is 0.264 e. The summed E-state index contributed by atoms with van der Waals surface area (Å²) >= 11 is 1.82. The van der Waals surface area contributed by atoms with Crippen LogP contribution in [-0.2, 0) is 0 Å². The topological polar surface area (TPSA) is 38.7 Å². The minimum atomic E-state index is 0.666. The molecule has 3 heterocycles. The molecule has 0 unspecified atom stereocenters. The molecule has 0 N–H and O–H groups in total. The van der Waals surface area contributed by atoms with E-state index in [9.17, 15) is 0 Å². The smallest absolute Gasteiger partial charge is 0.161 e. The normalized spacial score (nSPS) is 11.3. The maximum atomic E-state index is 5.22. The van der Waals surface area contributed by atoms with E-state index >= 15 is 0 Å². The Morgan fingerprint density at radius 3 is 1.51 bits per heavy atom. The lowest BCUT2D eigenvalue weighted by atomic mass is 9.98. The zero-order chi connectivity index (χ0) is 32.6. The Kier molecular flexibility index (Phi) is 7.34. The van der Waals surface area contributed by atoms with Gasteiger partial charge < -0.3 is 0 Å². The second kappa shape index (κ2) is 12.4. The van der Waals surface area contributed by atoms with E-state index < -0.39 is 0 Å². The van der Waals surface area contributed by atoms with E-state index in [1.54, 1.807) is 0 Å². The first-order valence-electron chi connectivity index (χ1n) is 16.3. The summed E-state index contributed by atoms with van der Waals surface area (Å²) in [5.74, 6) is 0.666. The van der Waals surface area contributed by atoms with Crippen molar-refractivity contribution in [3.63, 3.8) is 0 Å². The van der Waals surface area contributed by atoms with Crippen molar-refractivity contribution in [3.05, 3.63) is 176 Å². The first-order chi connectivity index (χ1) is 24.3. The SMILES string of the molecule is c1ccc(-c2ccc(-c3cc(-c4ccc(-c5ccccc5)cc4)nc(-c4ccncc4-c4ccc5sc6ccccc6c5c4)n3)cc2)cc1. The molecule has 0 aliphatic carbocycles. The molecule has 9 rings (SSSR count). The van der Waals surface area contributed by atoms with E-state index in [0.717, 1.165) is 39.2 Å². The number of nitrogens with zero attached hydrogens (tertiary/aromatic N) is 3. The highest BCUT2D eigenvalue weighted by Crippen LogP contribution is 2.39. The van der Waals surface area contributed by atoms with Gasteiger partial charge in [0.1, 0.15) is 0 Å². The van der Waals surface area contributed by atoms with Crippen LogP contribution in [0.2, 0.25) is 0 Å². The lowest BCUT2D eigenvalue weighted by Crippen LogP contribution is -1.98. The molecule has 3 nitrogen and oxygen atoms in total. The molecule has 0 bridgehead atoms. The zero-order valence-electron chi connectivity index (χ0n) is 26.5. The van der Waals surface area contributed by atoms with E-state index in [2.05, 4.69) is 151 Å². The molecule has 4 heteroatoms. The van der Waals surface area contributed by atoms with Crippen LogP contribution in [0.3, 0.4) is 0 Å². The second-order valence-electron chi connectivity index (χ2n) is 12.1. The van der Waals surface area contributed by atoms with Crippen molar-refractivity contribution >= 4 is 31.5 Å². The van der Waals surface area contributed by atoms with Gasteiger partial charge in [0.15, 0.2) is 5.82 Å². The van der Waals surface area contributed by atoms with Crippen LogP contribution in [0.25, 0.3) is 87.5 Å². The molecule has 49 heavy (non-hydrogen) atoms. The summed E-state index contributed by atoms with van der Waals surface area (Å²) in [7, 11) is 0. The van der Waals surface area contributed by atoms with Gasteiger partial charge >= 0.3 is 0 Å². The predicted octanol–water partition coefficient (Wildman–Crippen LogP) is 12.2. The van der Waals surface area contributed by atoms with Gasteiger partial charge in [-0.15, -0.1) is 11.3 Å². The first kappa shape index (κ1) is 29.0. The van der Waals surface area contributed by atoms with Crippen molar-refractivity contribution < 1.29 is 0 Å². The number of benzene rings is 6. The summed E-state index contributed by atoms with van der Waals surface area (Å²) in [6, 6.07) is 57.6. The van der Waals surface area contributed by atoms with Gasteiger partial charge in [0.25, 0.3) is 0 Å². The van der Waals surface area contributed by atoms with Gasteiger partial charge in [0.2, 0.25) is 0 Å². The Bertz CT molecular complexity index is 2470. The minimum absolute atomic E-state index is 0.666. The highest BCUT2D eigenvalue weighted by molar-refractivity contribution is 7.25. The number of rotatable bonds is 6. The average Bonchev–Trinajstić information content (AvgIpc) is 3.57. The fourth-order valence-corrected chi connectivity index (χ4v) is 7.59. The molecule has 0 amide bonds. The Balaban J connectivity index is 1.18. The number of thiophene rings is 1. The first-order valence-corrected chi connectivity index (χ1v) is 17.2. The number of pyridine rings is 1. The van der Waals surface area contributed by atoms with Crippen LogP contribution in [0.1, 0.15) is 0 Å². The highest BCUT2D eigenvalue weighted by Gasteiger charge is 2.16. The van der Waals surface area contributed by atoms with Crippen LogP contribution < -0.4 is 0 Å². The van der Waals surface area contributed by atoms with Gasteiger partial charge in [-0.2, -0.15) is 0 Å². The van der Waals surface area contributed by atoms with Gasteiger partial charge in [0.05, 0.1) is 11.4 Å². The quantitative estimate of drug-likeness (QED) is 0.181. The summed E-state index contributed by atoms with van der Waals surface area (Å²) in [4.78, 5) is 15.0. The fraction of sp³-hybridized carbons (Fsp3) is 0. The molecule has 0 fully saturated rings. The number of fused-ring (bicyclic) bond motifs is 3. The Morgan fingerprint density at radius 2 is 0.878 bits per heavy atom. The van der Waals surface area contributed by atoms with E-state index in [1.165, 1.54) is 42.4 Å². The average molecular weight is 644 g/mol. The van der Waals surface area contributed by atoms with Crippen LogP contribution in [0.4, 0.5) is 0 Å². The van der Waals surface area contributed by atoms with Crippen LogP contribution in [0.15, 0.2) is 176 Å². The molecule has 0 spiro atoms. The summed E-state index contributed by atoms with van der Waals surface area (Å²) in [5.41, 5.74) is 11.6. The monoisotopic (exact) mass is 643 g/mol. The molecule has 0 aliphatic rings. The standard InChI is InChI=1S/C45H29N3S/c1-3-9-30(10-4-1)32-15-19-34(20-16-32)41-28-42(35-21-17-33(18-22-35)31-11-5-2-6-12-31)48-45(47-41)38-25-26-46-29-40(38)36-23-24-44-39(27-36)37-13-7-8-14-43(37)49-44/h1-29H. The minimum Gasteiger partial charge on any atom is -0.264 e. The fourth-order valence-electron chi connectivity index (χ4n) is 6.50. The molecule has 3 aromatic heterocycles. The Hall–Kier alpha value is -6.23. The lowest BCUT2D eigenvalue weighted by Gasteiger charge is -2.13. The van der Waals surface area contributed by atoms with E-state index in [0.29, 0.717) is 5.82 Å². The number of hydrogen-bond donors (Lipinski definition) is 0. The summed E-state index contributed by atoms with van der Waals surface area (Å²) < 4.78 is 2.56. The van der Waals surface area contributed by atoms with Crippen LogP contribution in [0.5, 0.6) is 0 Å². The van der Waals surface area contributed by atoms with Crippen molar-refractivity contribution in [2.24, 2.45) is 0 Å². The van der Waals surface area contributed by atoms with E-state index in [4.69, 9.17) is 9.97 Å². The Labute approximate surface area is 288 Å². The summed E-state index contributed by atoms with van der Waals surface area (Å²) in [6.45, 7) is 0. The van der Waals surface area contributed by atoms with E-state index in [1.807, 2.05) is 41.9 Å². The van der Waals surface area contributed by atoms with Gasteiger partial charge in [-0.1, -0.05) is 133 Å². The van der Waals surface area contributed by atoms with Crippen LogP contribution in [0, 0.1) is 0 Å². The Morgan fingerprint density at radius 1 is 0.367 bits per heavy atom. The van der Waals surface area contributed by atoms with Crippen LogP contribution in [-0.4, -0.2) is 15.0 Å². The van der Waals surface area contributed by atoms with Crippen LogP contribution >= 0.6 is 11.3 Å². The molecule has 0 atom stereocenters. The maximum absolute atomic E-state index is 5.22. The third-order valence-electron chi connectivity index (χ3n) is 9.05. The molecule has 0 saturated heterocycles. The predicted molar refractivity (Wildman–Crippen MR) is 205 cm³/mol. The van der Waals surface area contributed by atoms with Crippen molar-refractivity contribution in [2.75, 3.05) is 0 Å². The number of hydrogen-bond acceptors (Lipinski definition) is 4. The molecular formula is C45H29N3S. The second-order valence-corrected chi connectivity index (χ2v) is 13.2. The van der Waals surface area contributed by atoms with Gasteiger partial charge in [-0.25, -0.2) is 9.97 Å². The third kappa shape index (κ3) is 5.58. The molecule has 0 saturated carbocycles. The zero-order valence-corrected chi connectivity index (χ0v) is 27.3. The molecule has 0 radical (unpaired) electrons. The van der Waals surface area contributed by atoms with Crippen molar-refractivity contribution in [1.82, 2.24) is 15.0 Å². The molecule has 0 aliphatic heterocycles. The summed E-state index contributed by atoms with van der Waals surface area (Å²) in [6.07, 6.45) is 3.76. The van der Waals surface area contributed by atoms with Gasteiger partial charge in [-0.3, -0.25) is 4.98 Å².